The number of piperidine rings is 1. The number of benzene rings is 2. The second-order valence-electron chi connectivity index (χ2n) is 11.2. The van der Waals surface area contributed by atoms with Gasteiger partial charge in [0.2, 0.25) is 5.91 Å². The Labute approximate surface area is 257 Å². The van der Waals surface area contributed by atoms with E-state index in [1.54, 1.807) is 48.1 Å². The van der Waals surface area contributed by atoms with Crippen LogP contribution in [0.2, 0.25) is 5.02 Å². The number of rotatable bonds is 6. The molecule has 5 amide bonds. The van der Waals surface area contributed by atoms with E-state index in [0.717, 1.165) is 5.56 Å². The topological polar surface area (TPSA) is 114 Å². The van der Waals surface area contributed by atoms with Gasteiger partial charge in [-0.1, -0.05) is 23.7 Å². The second kappa shape index (κ2) is 12.6. The molecular weight excluding hydrogens is 597 g/mol. The number of halogens is 2. The van der Waals surface area contributed by atoms with Gasteiger partial charge in [-0.25, -0.2) is 14.0 Å². The standard InChI is InChI=1S/C30H35ClFN5O5S/c1-18(2)37-28(39)23(22-5-4-6-24(32)27(22)31)16-35(30(37)41)17-26(38)34-12-10-20(11-13-34)36-14-9-19-15-21(43(3)42)7-8-25(19)33-29(36)40/h4-8,15-16,18,20,28,39H,9-14,17H2,1-3H3,(H,33,40). The summed E-state index contributed by atoms with van der Waals surface area (Å²) in [6.07, 6.45) is 3.40. The van der Waals surface area contributed by atoms with Gasteiger partial charge in [-0.15, -0.1) is 0 Å². The van der Waals surface area contributed by atoms with Gasteiger partial charge in [0.05, 0.1) is 5.02 Å². The summed E-state index contributed by atoms with van der Waals surface area (Å²) in [6, 6.07) is 8.43. The van der Waals surface area contributed by atoms with Crippen molar-refractivity contribution < 1.29 is 28.1 Å². The number of likely N-dealkylation sites (tertiary alicyclic amines) is 1. The second-order valence-corrected chi connectivity index (χ2v) is 13.0. The van der Waals surface area contributed by atoms with E-state index in [0.29, 0.717) is 49.5 Å². The lowest BCUT2D eigenvalue weighted by Crippen LogP contribution is -2.56. The minimum atomic E-state index is -1.37. The molecule has 0 aromatic heterocycles. The number of fused-ring (bicyclic) bond motifs is 1. The highest BCUT2D eigenvalue weighted by atomic mass is 35.5. The Bertz CT molecular complexity index is 1500. The molecule has 3 aliphatic rings. The SMILES string of the molecule is CC(C)N1C(=O)N(CC(=O)N2CCC(N3CCc4cc(S(C)=O)ccc4NC3=O)CC2)C=C(c2cccc(F)c2Cl)C1O. The molecule has 0 spiro atoms. The summed E-state index contributed by atoms with van der Waals surface area (Å²) in [6.45, 7) is 4.53. The van der Waals surface area contributed by atoms with Gasteiger partial charge in [0.1, 0.15) is 12.4 Å². The number of aliphatic hydroxyl groups excluding tert-OH is 1. The fraction of sp³-hybridized carbons (Fsp3) is 0.433. The van der Waals surface area contributed by atoms with Crippen molar-refractivity contribution in [2.45, 2.75) is 56.3 Å². The molecule has 1 saturated heterocycles. The summed E-state index contributed by atoms with van der Waals surface area (Å²) in [5.41, 5.74) is 2.11. The Morgan fingerprint density at radius 1 is 1.16 bits per heavy atom. The van der Waals surface area contributed by atoms with Gasteiger partial charge in [-0.2, -0.15) is 0 Å². The summed E-state index contributed by atoms with van der Waals surface area (Å²) in [5.74, 6) is -0.935. The van der Waals surface area contributed by atoms with Crippen LogP contribution in [0.15, 0.2) is 47.5 Å². The van der Waals surface area contributed by atoms with Gasteiger partial charge in [-0.3, -0.25) is 18.8 Å². The van der Waals surface area contributed by atoms with Crippen LogP contribution in [-0.2, 0) is 22.0 Å². The molecule has 3 aliphatic heterocycles. The zero-order valence-electron chi connectivity index (χ0n) is 24.3. The summed E-state index contributed by atoms with van der Waals surface area (Å²) in [4.78, 5) is 46.4. The van der Waals surface area contributed by atoms with Crippen LogP contribution in [0.3, 0.4) is 0 Å². The Hall–Kier alpha value is -3.48. The lowest BCUT2D eigenvalue weighted by Gasteiger charge is -2.42. The maximum absolute atomic E-state index is 14.2. The maximum atomic E-state index is 14.2. The monoisotopic (exact) mass is 631 g/mol. The third kappa shape index (κ3) is 6.27. The first-order valence-electron chi connectivity index (χ1n) is 14.2. The molecule has 2 unspecified atom stereocenters. The molecule has 2 N–H and O–H groups in total. The Kier molecular flexibility index (Phi) is 9.10. The van der Waals surface area contributed by atoms with Crippen LogP contribution < -0.4 is 5.32 Å². The lowest BCUT2D eigenvalue weighted by atomic mass is 10.0. The number of aliphatic hydroxyl groups is 1. The minimum absolute atomic E-state index is 0.0667. The molecule has 43 heavy (non-hydrogen) atoms. The molecule has 10 nitrogen and oxygen atoms in total. The molecule has 0 bridgehead atoms. The van der Waals surface area contributed by atoms with Crippen LogP contribution >= 0.6 is 11.6 Å². The number of urea groups is 2. The molecule has 2 atom stereocenters. The molecule has 0 aliphatic carbocycles. The van der Waals surface area contributed by atoms with E-state index in [9.17, 15) is 28.1 Å². The smallest absolute Gasteiger partial charge is 0.327 e. The normalized spacial score (nSPS) is 20.5. The Morgan fingerprint density at radius 3 is 2.56 bits per heavy atom. The summed E-state index contributed by atoms with van der Waals surface area (Å²) >= 11 is 6.21. The fourth-order valence-electron chi connectivity index (χ4n) is 5.87. The number of amides is 5. The average molecular weight is 632 g/mol. The molecule has 2 aromatic carbocycles. The van der Waals surface area contributed by atoms with E-state index < -0.39 is 34.9 Å². The number of nitrogens with one attached hydrogen (secondary N) is 1. The van der Waals surface area contributed by atoms with Gasteiger partial charge < -0.3 is 20.2 Å². The number of nitrogens with zero attached hydrogens (tertiary/aromatic N) is 4. The first-order chi connectivity index (χ1) is 20.5. The third-order valence-electron chi connectivity index (χ3n) is 8.22. The molecule has 230 valence electrons. The van der Waals surface area contributed by atoms with Crippen LogP contribution in [0.4, 0.5) is 19.7 Å². The highest BCUT2D eigenvalue weighted by molar-refractivity contribution is 7.84. The van der Waals surface area contributed by atoms with Gasteiger partial charge in [0, 0.05) is 76.7 Å². The minimum Gasteiger partial charge on any atom is -0.369 e. The highest BCUT2D eigenvalue weighted by Gasteiger charge is 2.38. The molecule has 13 heteroatoms. The molecular formula is C30H35ClFN5O5S. The molecule has 0 saturated carbocycles. The lowest BCUT2D eigenvalue weighted by molar-refractivity contribution is -0.133. The van der Waals surface area contributed by atoms with Crippen molar-refractivity contribution in [1.82, 2.24) is 19.6 Å². The number of carbonyl (C=O) groups excluding carboxylic acids is 3. The van der Waals surface area contributed by atoms with Crippen LogP contribution in [0.1, 0.15) is 37.8 Å². The summed E-state index contributed by atoms with van der Waals surface area (Å²) < 4.78 is 26.1. The van der Waals surface area contributed by atoms with Crippen LogP contribution in [-0.4, -0.2) is 97.6 Å². The number of hydrogen-bond donors (Lipinski definition) is 2. The van der Waals surface area contributed by atoms with Gasteiger partial charge in [-0.05, 0) is 62.9 Å². The van der Waals surface area contributed by atoms with E-state index in [1.807, 2.05) is 6.07 Å². The van der Waals surface area contributed by atoms with E-state index in [1.165, 1.54) is 28.1 Å². The predicted molar refractivity (Wildman–Crippen MR) is 162 cm³/mol. The quantitative estimate of drug-likeness (QED) is 0.498. The summed E-state index contributed by atoms with van der Waals surface area (Å²) in [7, 11) is -1.12. The predicted octanol–water partition coefficient (Wildman–Crippen LogP) is 4.10. The van der Waals surface area contributed by atoms with E-state index in [-0.39, 0.29) is 40.7 Å². The van der Waals surface area contributed by atoms with E-state index >= 15 is 0 Å². The molecule has 3 heterocycles. The highest BCUT2D eigenvalue weighted by Crippen LogP contribution is 2.34. The first-order valence-corrected chi connectivity index (χ1v) is 16.1. The first kappa shape index (κ1) is 31.0. The van der Waals surface area contributed by atoms with E-state index in [4.69, 9.17) is 11.6 Å². The van der Waals surface area contributed by atoms with Crippen molar-refractivity contribution >= 4 is 51.6 Å². The van der Waals surface area contributed by atoms with E-state index in [2.05, 4.69) is 5.32 Å². The van der Waals surface area contributed by atoms with Crippen molar-refractivity contribution in [1.29, 1.82) is 0 Å². The van der Waals surface area contributed by atoms with Gasteiger partial charge in [0.15, 0.2) is 6.23 Å². The van der Waals surface area contributed by atoms with Crippen molar-refractivity contribution in [3.8, 4) is 0 Å². The molecule has 5 rings (SSSR count). The molecule has 2 aromatic rings. The fourth-order valence-corrected chi connectivity index (χ4v) is 6.68. The zero-order chi connectivity index (χ0) is 31.0. The van der Waals surface area contributed by atoms with Crippen molar-refractivity contribution in [2.75, 3.05) is 37.8 Å². The van der Waals surface area contributed by atoms with Gasteiger partial charge >= 0.3 is 12.1 Å². The third-order valence-corrected chi connectivity index (χ3v) is 9.52. The Balaban J connectivity index is 1.26. The number of carbonyl (C=O) groups is 3. The Morgan fingerprint density at radius 2 is 1.88 bits per heavy atom. The average Bonchev–Trinajstić information content (AvgIpc) is 3.13. The number of hydrogen-bond acceptors (Lipinski definition) is 5. The number of anilines is 1. The molecule has 0 radical (unpaired) electrons. The van der Waals surface area contributed by atoms with Crippen molar-refractivity contribution in [2.24, 2.45) is 0 Å². The maximum Gasteiger partial charge on any atom is 0.327 e. The zero-order valence-corrected chi connectivity index (χ0v) is 25.8. The van der Waals surface area contributed by atoms with Crippen molar-refractivity contribution in [3.63, 3.8) is 0 Å². The molecule has 1 fully saturated rings. The summed E-state index contributed by atoms with van der Waals surface area (Å²) in [5, 5.41) is 13.8. The van der Waals surface area contributed by atoms with Crippen LogP contribution in [0, 0.1) is 5.82 Å². The largest absolute Gasteiger partial charge is 0.369 e. The van der Waals surface area contributed by atoms with Crippen LogP contribution in [0.5, 0.6) is 0 Å². The van der Waals surface area contributed by atoms with Crippen molar-refractivity contribution in [3.05, 3.63) is 64.6 Å². The van der Waals surface area contributed by atoms with Gasteiger partial charge in [0.25, 0.3) is 0 Å². The van der Waals surface area contributed by atoms with Crippen LogP contribution in [0.25, 0.3) is 5.57 Å².